The number of hydrogen-bond acceptors (Lipinski definition) is 1. The van der Waals surface area contributed by atoms with Crippen molar-refractivity contribution in [1.29, 1.82) is 0 Å². The fourth-order valence-electron chi connectivity index (χ4n) is 11.3. The maximum absolute atomic E-state index is 2.55. The molecule has 0 unspecified atom stereocenters. The summed E-state index contributed by atoms with van der Waals surface area (Å²) in [5.41, 5.74) is 12.4. The number of nitrogens with zero attached hydrogens (tertiary/aromatic N) is 1. The summed E-state index contributed by atoms with van der Waals surface area (Å²) in [6.07, 6.45) is 7.12. The smallest absolute Gasteiger partial charge is 0.0540 e. The van der Waals surface area contributed by atoms with Gasteiger partial charge >= 0.3 is 0 Å². The minimum absolute atomic E-state index is 0.179. The molecule has 0 aliphatic heterocycles. The molecule has 5 aliphatic carbocycles. The van der Waals surface area contributed by atoms with Crippen LogP contribution in [0.1, 0.15) is 43.2 Å². The van der Waals surface area contributed by atoms with Gasteiger partial charge in [-0.25, -0.2) is 0 Å². The van der Waals surface area contributed by atoms with Crippen LogP contribution in [0.15, 0.2) is 152 Å². The Bertz CT molecular complexity index is 2400. The molecular weight excluding hydrogens is 591 g/mol. The summed E-state index contributed by atoms with van der Waals surface area (Å²) in [6.45, 7) is 0. The first-order valence-electron chi connectivity index (χ1n) is 18.4. The van der Waals surface area contributed by atoms with Gasteiger partial charge in [0.15, 0.2) is 0 Å². The van der Waals surface area contributed by atoms with Crippen LogP contribution in [-0.2, 0) is 5.41 Å². The average molecular weight is 630 g/mol. The third-order valence-electron chi connectivity index (χ3n) is 13.0. The van der Waals surface area contributed by atoms with Gasteiger partial charge in [-0.2, -0.15) is 0 Å². The molecule has 0 radical (unpaired) electrons. The predicted octanol–water partition coefficient (Wildman–Crippen LogP) is 12.9. The van der Waals surface area contributed by atoms with E-state index in [2.05, 4.69) is 157 Å². The lowest BCUT2D eigenvalue weighted by Crippen LogP contribution is -2.55. The molecule has 0 saturated heterocycles. The van der Waals surface area contributed by atoms with E-state index in [4.69, 9.17) is 0 Å². The molecule has 5 aliphatic rings. The van der Waals surface area contributed by atoms with E-state index < -0.39 is 0 Å². The second-order valence-corrected chi connectivity index (χ2v) is 15.4. The molecule has 1 spiro atoms. The van der Waals surface area contributed by atoms with E-state index in [1.807, 2.05) is 0 Å². The van der Waals surface area contributed by atoms with Crippen molar-refractivity contribution in [3.8, 4) is 22.3 Å². The molecule has 0 N–H and O–H groups in total. The van der Waals surface area contributed by atoms with Gasteiger partial charge in [-0.1, -0.05) is 115 Å². The summed E-state index contributed by atoms with van der Waals surface area (Å²) in [4.78, 5) is 2.51. The molecule has 7 aromatic carbocycles. The maximum Gasteiger partial charge on any atom is 0.0540 e. The SMILES string of the molecule is c1cc(-c2ccc3ccccc3c2)cc(N(c2ccc3c(c2)-c2ccccc2C32C3CC4CC(C3)CC2C4)c2cccc3ccccc23)c1. The van der Waals surface area contributed by atoms with Gasteiger partial charge in [-0.15, -0.1) is 0 Å². The quantitative estimate of drug-likeness (QED) is 0.187. The van der Waals surface area contributed by atoms with E-state index in [-0.39, 0.29) is 5.41 Å². The van der Waals surface area contributed by atoms with Gasteiger partial charge in [0.1, 0.15) is 0 Å². The van der Waals surface area contributed by atoms with Gasteiger partial charge in [0.2, 0.25) is 0 Å². The number of hydrogen-bond donors (Lipinski definition) is 0. The Balaban J connectivity index is 1.11. The topological polar surface area (TPSA) is 3.24 Å². The van der Waals surface area contributed by atoms with Crippen molar-refractivity contribution in [2.45, 2.75) is 37.5 Å². The van der Waals surface area contributed by atoms with Crippen molar-refractivity contribution < 1.29 is 0 Å². The van der Waals surface area contributed by atoms with Crippen molar-refractivity contribution in [2.75, 3.05) is 4.90 Å². The van der Waals surface area contributed by atoms with E-state index >= 15 is 0 Å². The van der Waals surface area contributed by atoms with Gasteiger partial charge < -0.3 is 4.90 Å². The van der Waals surface area contributed by atoms with Crippen LogP contribution in [0.4, 0.5) is 17.1 Å². The van der Waals surface area contributed by atoms with Crippen LogP contribution in [-0.4, -0.2) is 0 Å². The first-order chi connectivity index (χ1) is 24.2. The van der Waals surface area contributed by atoms with Crippen molar-refractivity contribution >= 4 is 38.6 Å². The molecule has 4 saturated carbocycles. The van der Waals surface area contributed by atoms with Crippen LogP contribution < -0.4 is 4.90 Å². The molecule has 49 heavy (non-hydrogen) atoms. The highest BCUT2D eigenvalue weighted by Crippen LogP contribution is 2.69. The number of benzene rings is 7. The second-order valence-electron chi connectivity index (χ2n) is 15.4. The van der Waals surface area contributed by atoms with Crippen LogP contribution in [0.5, 0.6) is 0 Å². The summed E-state index contributed by atoms with van der Waals surface area (Å²) < 4.78 is 0. The van der Waals surface area contributed by atoms with Crippen LogP contribution in [0, 0.1) is 23.7 Å². The molecule has 0 atom stereocenters. The zero-order chi connectivity index (χ0) is 32.1. The highest BCUT2D eigenvalue weighted by molar-refractivity contribution is 6.00. The lowest BCUT2D eigenvalue weighted by Gasteiger charge is -2.61. The normalized spacial score (nSPS) is 24.4. The lowest BCUT2D eigenvalue weighted by molar-refractivity contribution is -0.0399. The Labute approximate surface area is 288 Å². The zero-order valence-corrected chi connectivity index (χ0v) is 27.7. The summed E-state index contributed by atoms with van der Waals surface area (Å²) in [5, 5.41) is 5.07. The predicted molar refractivity (Wildman–Crippen MR) is 205 cm³/mol. The second kappa shape index (κ2) is 10.4. The van der Waals surface area contributed by atoms with Crippen molar-refractivity contribution in [2.24, 2.45) is 23.7 Å². The van der Waals surface area contributed by atoms with Crippen molar-refractivity contribution in [1.82, 2.24) is 0 Å². The van der Waals surface area contributed by atoms with Crippen molar-refractivity contribution in [3.05, 3.63) is 163 Å². The molecule has 7 aromatic rings. The summed E-state index contributed by atoms with van der Waals surface area (Å²) >= 11 is 0. The molecule has 236 valence electrons. The largest absolute Gasteiger partial charge is 0.310 e. The van der Waals surface area contributed by atoms with Crippen LogP contribution in [0.3, 0.4) is 0 Å². The molecule has 4 bridgehead atoms. The Hall–Kier alpha value is -5.14. The first-order valence-corrected chi connectivity index (χ1v) is 18.4. The number of fused-ring (bicyclic) bond motifs is 5. The Morgan fingerprint density at radius 3 is 1.94 bits per heavy atom. The molecule has 1 heteroatoms. The van der Waals surface area contributed by atoms with Gasteiger partial charge in [0, 0.05) is 22.2 Å². The van der Waals surface area contributed by atoms with Gasteiger partial charge in [0.05, 0.1) is 5.69 Å². The van der Waals surface area contributed by atoms with Gasteiger partial charge in [-0.05, 0) is 142 Å². The molecule has 0 heterocycles. The molecule has 1 nitrogen and oxygen atoms in total. The third-order valence-corrected chi connectivity index (χ3v) is 13.0. The minimum atomic E-state index is 0.179. The van der Waals surface area contributed by atoms with E-state index in [1.165, 1.54) is 93.0 Å². The zero-order valence-electron chi connectivity index (χ0n) is 27.7. The van der Waals surface area contributed by atoms with E-state index in [1.54, 1.807) is 11.1 Å². The molecule has 0 amide bonds. The Morgan fingerprint density at radius 2 is 1.08 bits per heavy atom. The first kappa shape index (κ1) is 27.8. The monoisotopic (exact) mass is 629 g/mol. The fraction of sp³-hybridized carbons (Fsp3) is 0.208. The third kappa shape index (κ3) is 3.99. The van der Waals surface area contributed by atoms with Crippen LogP contribution in [0.25, 0.3) is 43.8 Å². The summed E-state index contributed by atoms with van der Waals surface area (Å²) in [7, 11) is 0. The van der Waals surface area contributed by atoms with E-state index in [0.29, 0.717) is 0 Å². The number of rotatable bonds is 4. The highest BCUT2D eigenvalue weighted by Gasteiger charge is 2.61. The molecule has 4 fully saturated rings. The maximum atomic E-state index is 2.55. The average Bonchev–Trinajstić information content (AvgIpc) is 3.44. The van der Waals surface area contributed by atoms with Gasteiger partial charge in [-0.3, -0.25) is 0 Å². The molecule has 12 rings (SSSR count). The standard InChI is InChI=1S/C48H39N/c1-2-11-35-28-37(20-19-33(35)9-1)36-13-7-14-40(29-36)49(47-18-8-12-34-10-3-4-15-42(34)47)41-21-22-46-44(30-41)43-16-5-6-17-45(43)48(46)38-24-31-23-32(26-38)27-39(48)25-31/h1-22,28-32,38-39H,23-27H2. The van der Waals surface area contributed by atoms with Crippen LogP contribution in [0.2, 0.25) is 0 Å². The Kier molecular flexibility index (Phi) is 5.91. The molecular formula is C48H39N. The van der Waals surface area contributed by atoms with Crippen LogP contribution >= 0.6 is 0 Å². The summed E-state index contributed by atoms with van der Waals surface area (Å²) in [5.74, 6) is 3.43. The number of anilines is 3. The van der Waals surface area contributed by atoms with Gasteiger partial charge in [0.25, 0.3) is 0 Å². The van der Waals surface area contributed by atoms with Crippen molar-refractivity contribution in [3.63, 3.8) is 0 Å². The van der Waals surface area contributed by atoms with E-state index in [0.717, 1.165) is 23.7 Å². The highest BCUT2D eigenvalue weighted by atomic mass is 15.1. The fourth-order valence-corrected chi connectivity index (χ4v) is 11.3. The minimum Gasteiger partial charge on any atom is -0.310 e. The van der Waals surface area contributed by atoms with E-state index in [9.17, 15) is 0 Å². The Morgan fingerprint density at radius 1 is 0.429 bits per heavy atom. The molecule has 0 aromatic heterocycles. The lowest BCUT2D eigenvalue weighted by atomic mass is 9.43. The summed E-state index contributed by atoms with van der Waals surface area (Å²) in [6, 6.07) is 57.2.